The summed E-state index contributed by atoms with van der Waals surface area (Å²) in [5.41, 5.74) is 0. The van der Waals surface area contributed by atoms with Crippen LogP contribution in [0.3, 0.4) is 0 Å². The Hall–Kier alpha value is -0.610. The van der Waals surface area contributed by atoms with E-state index in [0.29, 0.717) is 6.42 Å². The number of aliphatic hydroxyl groups excluding tert-OH is 1. The summed E-state index contributed by atoms with van der Waals surface area (Å²) in [6, 6.07) is 0. The van der Waals surface area contributed by atoms with Gasteiger partial charge in [-0.1, -0.05) is 149 Å². The Kier molecular flexibility index (Phi) is 28.5. The normalized spacial score (nSPS) is 13.5. The van der Waals surface area contributed by atoms with Crippen LogP contribution in [0.25, 0.3) is 0 Å². The largest absolute Gasteiger partial charge is 0.462 e. The van der Waals surface area contributed by atoms with E-state index in [4.69, 9.17) is 4.74 Å². The fourth-order valence-corrected chi connectivity index (χ4v) is 6.31. The zero-order valence-corrected chi connectivity index (χ0v) is 28.7. The molecule has 42 heavy (non-hydrogen) atoms. The van der Waals surface area contributed by atoms with Gasteiger partial charge in [0, 0.05) is 13.0 Å². The Morgan fingerprint density at radius 1 is 0.619 bits per heavy atom. The van der Waals surface area contributed by atoms with Gasteiger partial charge < -0.3 is 14.7 Å². The smallest absolute Gasteiger partial charge is 0.306 e. The summed E-state index contributed by atoms with van der Waals surface area (Å²) in [6.07, 6.45) is 36.8. The lowest BCUT2D eigenvalue weighted by atomic mass is 10.0. The van der Waals surface area contributed by atoms with Gasteiger partial charge in [-0.2, -0.15) is 0 Å². The Morgan fingerprint density at radius 3 is 1.57 bits per heavy atom. The van der Waals surface area contributed by atoms with E-state index in [1.807, 2.05) is 0 Å². The van der Waals surface area contributed by atoms with Gasteiger partial charge in [0.15, 0.2) is 0 Å². The molecule has 0 aromatic rings. The number of nitrogens with zero attached hydrogens (tertiary/aromatic N) is 1. The van der Waals surface area contributed by atoms with E-state index in [2.05, 4.69) is 18.7 Å². The van der Waals surface area contributed by atoms with Gasteiger partial charge in [-0.25, -0.2) is 0 Å². The maximum absolute atomic E-state index is 12.6. The van der Waals surface area contributed by atoms with Gasteiger partial charge in [0.25, 0.3) is 0 Å². The SMILES string of the molecule is CCCCCCCCC(CCCCCCCC)OC(=O)CCCCCCCN(CCO)CCCCCCCCC1CC1. The molecule has 0 aromatic heterocycles. The summed E-state index contributed by atoms with van der Waals surface area (Å²) in [5, 5.41) is 9.47. The predicted molar refractivity (Wildman–Crippen MR) is 182 cm³/mol. The molecule has 0 heterocycles. The minimum absolute atomic E-state index is 0.0361. The zero-order chi connectivity index (χ0) is 30.4. The second-order valence-corrected chi connectivity index (χ2v) is 13.7. The van der Waals surface area contributed by atoms with Crippen LogP contribution in [0.1, 0.15) is 200 Å². The molecule has 1 N–H and O–H groups in total. The van der Waals surface area contributed by atoms with E-state index < -0.39 is 0 Å². The first-order valence-corrected chi connectivity index (χ1v) is 19.2. The number of unbranched alkanes of at least 4 members (excludes halogenated alkanes) is 19. The molecule has 1 aliphatic carbocycles. The molecule has 0 amide bonds. The molecule has 1 fully saturated rings. The van der Waals surface area contributed by atoms with Crippen molar-refractivity contribution in [2.45, 2.75) is 206 Å². The summed E-state index contributed by atoms with van der Waals surface area (Å²) in [5.74, 6) is 1.12. The Labute approximate surface area is 263 Å². The number of esters is 1. The van der Waals surface area contributed by atoms with Crippen molar-refractivity contribution in [1.29, 1.82) is 0 Å². The van der Waals surface area contributed by atoms with E-state index in [-0.39, 0.29) is 18.7 Å². The van der Waals surface area contributed by atoms with E-state index in [9.17, 15) is 9.90 Å². The number of carbonyl (C=O) groups is 1. The summed E-state index contributed by atoms with van der Waals surface area (Å²) >= 11 is 0. The minimum atomic E-state index is 0.0361. The van der Waals surface area contributed by atoms with E-state index in [1.54, 1.807) is 0 Å². The first-order chi connectivity index (χ1) is 20.7. The molecule has 0 radical (unpaired) electrons. The highest BCUT2D eigenvalue weighted by Gasteiger charge is 2.19. The molecule has 1 aliphatic rings. The van der Waals surface area contributed by atoms with Gasteiger partial charge >= 0.3 is 5.97 Å². The quantitative estimate of drug-likeness (QED) is 0.0595. The summed E-state index contributed by atoms with van der Waals surface area (Å²) in [6.45, 7) is 7.84. The first kappa shape index (κ1) is 39.4. The zero-order valence-electron chi connectivity index (χ0n) is 28.7. The molecule has 0 aliphatic heterocycles. The van der Waals surface area contributed by atoms with Crippen molar-refractivity contribution in [2.24, 2.45) is 5.92 Å². The lowest BCUT2D eigenvalue weighted by Gasteiger charge is -2.21. The van der Waals surface area contributed by atoms with E-state index in [1.165, 1.54) is 154 Å². The van der Waals surface area contributed by atoms with Crippen LogP contribution in [0.15, 0.2) is 0 Å². The molecular formula is C38H75NO3. The third-order valence-corrected chi connectivity index (χ3v) is 9.36. The number of ether oxygens (including phenoxy) is 1. The van der Waals surface area contributed by atoms with Crippen LogP contribution in [0.5, 0.6) is 0 Å². The van der Waals surface area contributed by atoms with Crippen molar-refractivity contribution >= 4 is 5.97 Å². The van der Waals surface area contributed by atoms with Crippen molar-refractivity contribution in [3.05, 3.63) is 0 Å². The molecule has 1 rings (SSSR count). The molecule has 0 aromatic carbocycles. The van der Waals surface area contributed by atoms with Crippen LogP contribution in [0, 0.1) is 5.92 Å². The fraction of sp³-hybridized carbons (Fsp3) is 0.974. The highest BCUT2D eigenvalue weighted by Crippen LogP contribution is 2.34. The van der Waals surface area contributed by atoms with Gasteiger partial charge in [-0.3, -0.25) is 4.79 Å². The number of aliphatic hydroxyl groups is 1. The molecule has 4 nitrogen and oxygen atoms in total. The maximum Gasteiger partial charge on any atom is 0.306 e. The van der Waals surface area contributed by atoms with Crippen LogP contribution in [-0.2, 0) is 9.53 Å². The standard InChI is InChI=1S/C38H75NO3/c1-3-5-7-9-15-21-27-37(28-22-16-10-8-6-4-2)42-38(41)29-23-17-13-19-25-33-39(34-35-40)32-24-18-12-11-14-20-26-36-30-31-36/h36-37,40H,3-35H2,1-2H3. The number of carbonyl (C=O) groups excluding carboxylic acids is 1. The minimum Gasteiger partial charge on any atom is -0.462 e. The average molecular weight is 594 g/mol. The van der Waals surface area contributed by atoms with Crippen molar-refractivity contribution in [3.8, 4) is 0 Å². The van der Waals surface area contributed by atoms with Gasteiger partial charge in [0.2, 0.25) is 0 Å². The average Bonchev–Trinajstić information content (AvgIpc) is 3.81. The molecule has 4 heteroatoms. The molecular weight excluding hydrogens is 518 g/mol. The predicted octanol–water partition coefficient (Wildman–Crippen LogP) is 11.2. The molecule has 0 bridgehead atoms. The van der Waals surface area contributed by atoms with Crippen LogP contribution < -0.4 is 0 Å². The van der Waals surface area contributed by atoms with E-state index >= 15 is 0 Å². The van der Waals surface area contributed by atoms with Crippen LogP contribution in [-0.4, -0.2) is 48.3 Å². The molecule has 250 valence electrons. The first-order valence-electron chi connectivity index (χ1n) is 19.2. The number of hydrogen-bond acceptors (Lipinski definition) is 4. The fourth-order valence-electron chi connectivity index (χ4n) is 6.31. The topological polar surface area (TPSA) is 49.8 Å². The second-order valence-electron chi connectivity index (χ2n) is 13.7. The summed E-state index contributed by atoms with van der Waals surface area (Å²) in [7, 11) is 0. The van der Waals surface area contributed by atoms with Crippen molar-refractivity contribution in [1.82, 2.24) is 4.90 Å². The molecule has 1 saturated carbocycles. The van der Waals surface area contributed by atoms with Gasteiger partial charge in [0.1, 0.15) is 6.10 Å². The second kappa shape index (κ2) is 30.4. The lowest BCUT2D eigenvalue weighted by molar-refractivity contribution is -0.150. The molecule has 0 atom stereocenters. The van der Waals surface area contributed by atoms with Crippen molar-refractivity contribution in [2.75, 3.05) is 26.2 Å². The van der Waals surface area contributed by atoms with Crippen LogP contribution in [0.2, 0.25) is 0 Å². The van der Waals surface area contributed by atoms with E-state index in [0.717, 1.165) is 51.2 Å². The highest BCUT2D eigenvalue weighted by molar-refractivity contribution is 5.69. The lowest BCUT2D eigenvalue weighted by Crippen LogP contribution is -2.29. The third-order valence-electron chi connectivity index (χ3n) is 9.36. The van der Waals surface area contributed by atoms with Crippen molar-refractivity contribution in [3.63, 3.8) is 0 Å². The Bertz CT molecular complexity index is 549. The van der Waals surface area contributed by atoms with Crippen LogP contribution >= 0.6 is 0 Å². The monoisotopic (exact) mass is 594 g/mol. The Balaban J connectivity index is 2.09. The number of rotatable bonds is 34. The summed E-state index contributed by atoms with van der Waals surface area (Å²) in [4.78, 5) is 15.1. The van der Waals surface area contributed by atoms with Gasteiger partial charge in [0.05, 0.1) is 6.61 Å². The maximum atomic E-state index is 12.6. The number of hydrogen-bond donors (Lipinski definition) is 1. The third kappa shape index (κ3) is 27.0. The Morgan fingerprint density at radius 2 is 1.07 bits per heavy atom. The van der Waals surface area contributed by atoms with Crippen molar-refractivity contribution < 1.29 is 14.6 Å². The molecule has 0 spiro atoms. The van der Waals surface area contributed by atoms with Gasteiger partial charge in [-0.15, -0.1) is 0 Å². The highest BCUT2D eigenvalue weighted by atomic mass is 16.5. The van der Waals surface area contributed by atoms with Crippen LogP contribution in [0.4, 0.5) is 0 Å². The molecule has 0 unspecified atom stereocenters. The molecule has 0 saturated heterocycles. The van der Waals surface area contributed by atoms with Gasteiger partial charge in [-0.05, 0) is 64.0 Å². The summed E-state index contributed by atoms with van der Waals surface area (Å²) < 4.78 is 6.01.